The Kier molecular flexibility index (Phi) is 5.79. The molecule has 2 rings (SSSR count). The Morgan fingerprint density at radius 2 is 2.00 bits per heavy atom. The smallest absolute Gasteiger partial charge is 0.233 e. The molecule has 2 aliphatic heterocycles. The molecule has 0 saturated carbocycles. The number of carbonyl (C=O) groups excluding carboxylic acids is 2. The Bertz CT molecular complexity index is 334. The zero-order valence-corrected chi connectivity index (χ0v) is 12.3. The average Bonchev–Trinajstić information content (AvgIpc) is 2.50. The summed E-state index contributed by atoms with van der Waals surface area (Å²) in [7, 11) is 1.66. The van der Waals surface area contributed by atoms with Gasteiger partial charge in [0.2, 0.25) is 11.8 Å². The third-order valence-corrected chi connectivity index (χ3v) is 4.25. The summed E-state index contributed by atoms with van der Waals surface area (Å²) in [6.45, 7) is 4.05. The van der Waals surface area contributed by atoms with Crippen molar-refractivity contribution in [1.82, 2.24) is 20.9 Å². The molecule has 20 heavy (non-hydrogen) atoms. The zero-order chi connectivity index (χ0) is 14.4. The highest BCUT2D eigenvalue weighted by molar-refractivity contribution is 5.79. The summed E-state index contributed by atoms with van der Waals surface area (Å²) in [5.74, 6) is 0.385. The molecule has 2 saturated heterocycles. The van der Waals surface area contributed by atoms with Gasteiger partial charge in [0.1, 0.15) is 0 Å². The van der Waals surface area contributed by atoms with Crippen LogP contribution in [-0.4, -0.2) is 62.5 Å². The highest BCUT2D eigenvalue weighted by atomic mass is 16.2. The second-order valence-corrected chi connectivity index (χ2v) is 5.78. The molecule has 0 aromatic carbocycles. The standard InChI is InChI=1S/C14H26N4O2/c1-15-13(19)10-18-7-4-12(5-8-18)17-14(20)11-3-2-6-16-9-11/h11-12,16H,2-10H2,1H3,(H,15,19)(H,17,20). The van der Waals surface area contributed by atoms with Crippen molar-refractivity contribution >= 4 is 11.8 Å². The normalized spacial score (nSPS) is 25.1. The van der Waals surface area contributed by atoms with Crippen molar-refractivity contribution in [3.05, 3.63) is 0 Å². The van der Waals surface area contributed by atoms with Crippen LogP contribution in [0, 0.1) is 5.92 Å². The average molecular weight is 282 g/mol. The van der Waals surface area contributed by atoms with Crippen LogP contribution in [0.15, 0.2) is 0 Å². The molecule has 0 aromatic heterocycles. The number of piperidine rings is 2. The molecule has 0 aliphatic carbocycles. The maximum atomic E-state index is 12.1. The van der Waals surface area contributed by atoms with E-state index in [9.17, 15) is 9.59 Å². The van der Waals surface area contributed by atoms with Crippen LogP contribution in [0.2, 0.25) is 0 Å². The lowest BCUT2D eigenvalue weighted by Crippen LogP contribution is -2.49. The number of hydrogen-bond acceptors (Lipinski definition) is 4. The van der Waals surface area contributed by atoms with Gasteiger partial charge in [-0.2, -0.15) is 0 Å². The minimum absolute atomic E-state index is 0.0563. The zero-order valence-electron chi connectivity index (χ0n) is 12.3. The molecular formula is C14H26N4O2. The largest absolute Gasteiger partial charge is 0.358 e. The minimum atomic E-state index is 0.0563. The first kappa shape index (κ1) is 15.3. The highest BCUT2D eigenvalue weighted by Crippen LogP contribution is 2.14. The van der Waals surface area contributed by atoms with E-state index in [1.807, 2.05) is 0 Å². The van der Waals surface area contributed by atoms with Crippen molar-refractivity contribution in [2.75, 3.05) is 39.8 Å². The molecule has 2 aliphatic rings. The molecule has 6 nitrogen and oxygen atoms in total. The van der Waals surface area contributed by atoms with Crippen molar-refractivity contribution in [3.63, 3.8) is 0 Å². The molecule has 114 valence electrons. The first-order chi connectivity index (χ1) is 9.69. The first-order valence-electron chi connectivity index (χ1n) is 7.63. The van der Waals surface area contributed by atoms with Crippen molar-refractivity contribution in [3.8, 4) is 0 Å². The molecule has 2 fully saturated rings. The van der Waals surface area contributed by atoms with Gasteiger partial charge in [-0.1, -0.05) is 0 Å². The monoisotopic (exact) mass is 282 g/mol. The Morgan fingerprint density at radius 3 is 2.60 bits per heavy atom. The summed E-state index contributed by atoms with van der Waals surface area (Å²) in [5, 5.41) is 9.09. The van der Waals surface area contributed by atoms with E-state index in [4.69, 9.17) is 0 Å². The Morgan fingerprint density at radius 1 is 1.25 bits per heavy atom. The summed E-state index contributed by atoms with van der Waals surface area (Å²) in [5.41, 5.74) is 0. The van der Waals surface area contributed by atoms with Gasteiger partial charge in [-0.15, -0.1) is 0 Å². The second kappa shape index (κ2) is 7.59. The Labute approximate surface area is 120 Å². The van der Waals surface area contributed by atoms with Crippen LogP contribution >= 0.6 is 0 Å². The minimum Gasteiger partial charge on any atom is -0.358 e. The molecule has 3 N–H and O–H groups in total. The van der Waals surface area contributed by atoms with Crippen molar-refractivity contribution in [1.29, 1.82) is 0 Å². The van der Waals surface area contributed by atoms with Gasteiger partial charge in [0.25, 0.3) is 0 Å². The number of hydrogen-bond donors (Lipinski definition) is 3. The fourth-order valence-electron chi connectivity index (χ4n) is 2.91. The Balaban J connectivity index is 1.68. The van der Waals surface area contributed by atoms with Gasteiger partial charge < -0.3 is 16.0 Å². The Hall–Kier alpha value is -1.14. The molecule has 2 heterocycles. The van der Waals surface area contributed by atoms with Crippen molar-refractivity contribution < 1.29 is 9.59 Å². The van der Waals surface area contributed by atoms with Crippen molar-refractivity contribution in [2.24, 2.45) is 5.92 Å². The van der Waals surface area contributed by atoms with Crippen LogP contribution in [-0.2, 0) is 9.59 Å². The highest BCUT2D eigenvalue weighted by Gasteiger charge is 2.26. The van der Waals surface area contributed by atoms with Crippen LogP contribution in [0.1, 0.15) is 25.7 Å². The number of carbonyl (C=O) groups is 2. The maximum Gasteiger partial charge on any atom is 0.233 e. The predicted molar refractivity (Wildman–Crippen MR) is 77.3 cm³/mol. The number of amides is 2. The molecule has 1 unspecified atom stereocenters. The van der Waals surface area contributed by atoms with E-state index in [1.54, 1.807) is 7.05 Å². The fraction of sp³-hybridized carbons (Fsp3) is 0.857. The van der Waals surface area contributed by atoms with E-state index in [2.05, 4.69) is 20.9 Å². The molecule has 0 radical (unpaired) electrons. The van der Waals surface area contributed by atoms with E-state index >= 15 is 0 Å². The van der Waals surface area contributed by atoms with E-state index < -0.39 is 0 Å². The predicted octanol–water partition coefficient (Wildman–Crippen LogP) is -0.687. The van der Waals surface area contributed by atoms with Gasteiger partial charge in [-0.05, 0) is 32.2 Å². The van der Waals surface area contributed by atoms with Crippen molar-refractivity contribution in [2.45, 2.75) is 31.7 Å². The van der Waals surface area contributed by atoms with Gasteiger partial charge >= 0.3 is 0 Å². The summed E-state index contributed by atoms with van der Waals surface area (Å²) >= 11 is 0. The number of likely N-dealkylation sites (tertiary alicyclic amines) is 1. The quantitative estimate of drug-likeness (QED) is 0.638. The van der Waals surface area contributed by atoms with Gasteiger partial charge in [0.05, 0.1) is 12.5 Å². The lowest BCUT2D eigenvalue weighted by Gasteiger charge is -2.33. The fourth-order valence-corrected chi connectivity index (χ4v) is 2.91. The van der Waals surface area contributed by atoms with Gasteiger partial charge in [0.15, 0.2) is 0 Å². The first-order valence-corrected chi connectivity index (χ1v) is 7.63. The molecule has 6 heteroatoms. The SMILES string of the molecule is CNC(=O)CN1CCC(NC(=O)C2CCCNC2)CC1. The number of nitrogens with one attached hydrogen (secondary N) is 3. The second-order valence-electron chi connectivity index (χ2n) is 5.78. The molecule has 2 amide bonds. The molecule has 0 aromatic rings. The summed E-state index contributed by atoms with van der Waals surface area (Å²) < 4.78 is 0. The van der Waals surface area contributed by atoms with E-state index in [0.717, 1.165) is 51.9 Å². The molecular weight excluding hydrogens is 256 g/mol. The summed E-state index contributed by atoms with van der Waals surface area (Å²) in [4.78, 5) is 25.6. The summed E-state index contributed by atoms with van der Waals surface area (Å²) in [6, 6.07) is 0.269. The van der Waals surface area contributed by atoms with Crippen LogP contribution in [0.3, 0.4) is 0 Å². The van der Waals surface area contributed by atoms with E-state index in [1.165, 1.54) is 0 Å². The summed E-state index contributed by atoms with van der Waals surface area (Å²) in [6.07, 6.45) is 3.95. The van der Waals surface area contributed by atoms with Gasteiger partial charge in [-0.3, -0.25) is 14.5 Å². The van der Waals surface area contributed by atoms with Crippen LogP contribution in [0.5, 0.6) is 0 Å². The van der Waals surface area contributed by atoms with Crippen LogP contribution in [0.25, 0.3) is 0 Å². The van der Waals surface area contributed by atoms with Crippen LogP contribution < -0.4 is 16.0 Å². The number of rotatable bonds is 4. The third-order valence-electron chi connectivity index (χ3n) is 4.25. The number of likely N-dealkylation sites (N-methyl/N-ethyl adjacent to an activating group) is 1. The molecule has 0 spiro atoms. The topological polar surface area (TPSA) is 73.5 Å². The number of nitrogens with zero attached hydrogens (tertiary/aromatic N) is 1. The van der Waals surface area contributed by atoms with Gasteiger partial charge in [0, 0.05) is 32.7 Å². The molecule has 1 atom stereocenters. The lowest BCUT2D eigenvalue weighted by atomic mass is 9.97. The van der Waals surface area contributed by atoms with Gasteiger partial charge in [-0.25, -0.2) is 0 Å². The lowest BCUT2D eigenvalue weighted by molar-refractivity contribution is -0.127. The third kappa shape index (κ3) is 4.45. The maximum absolute atomic E-state index is 12.1. The van der Waals surface area contributed by atoms with Crippen LogP contribution in [0.4, 0.5) is 0 Å². The molecule has 0 bridgehead atoms. The van der Waals surface area contributed by atoms with E-state index in [0.29, 0.717) is 6.54 Å². The van der Waals surface area contributed by atoms with E-state index in [-0.39, 0.29) is 23.8 Å².